The summed E-state index contributed by atoms with van der Waals surface area (Å²) >= 11 is 1.18. The number of nitrogens with one attached hydrogen (secondary N) is 1. The van der Waals surface area contributed by atoms with Crippen LogP contribution in [0.3, 0.4) is 0 Å². The van der Waals surface area contributed by atoms with E-state index in [1.54, 1.807) is 18.2 Å². The topological polar surface area (TPSA) is 76.8 Å². The molecule has 3 rings (SSSR count). The third kappa shape index (κ3) is 3.83. The normalized spacial score (nSPS) is 13.4. The summed E-state index contributed by atoms with van der Waals surface area (Å²) in [7, 11) is 1.34. The molecule has 6 nitrogen and oxygen atoms in total. The highest BCUT2D eigenvalue weighted by atomic mass is 32.1. The van der Waals surface area contributed by atoms with Gasteiger partial charge >= 0.3 is 5.97 Å². The highest BCUT2D eigenvalue weighted by Gasteiger charge is 2.21. The zero-order valence-corrected chi connectivity index (χ0v) is 15.8. The van der Waals surface area contributed by atoms with Crippen LogP contribution in [0.5, 0.6) is 5.75 Å². The van der Waals surface area contributed by atoms with Crippen molar-refractivity contribution >= 4 is 39.4 Å². The van der Waals surface area contributed by atoms with Crippen molar-refractivity contribution in [3.05, 3.63) is 66.2 Å². The fraction of sp³-hybridized carbons (Fsp3) is 0.150. The molecule has 0 amide bonds. The number of rotatable bonds is 6. The van der Waals surface area contributed by atoms with E-state index >= 15 is 0 Å². The smallest absolute Gasteiger partial charge is 0.348 e. The Morgan fingerprint density at radius 2 is 2.22 bits per heavy atom. The van der Waals surface area contributed by atoms with Gasteiger partial charge in [0.2, 0.25) is 0 Å². The molecule has 0 fully saturated rings. The third-order valence-electron chi connectivity index (χ3n) is 4.06. The first-order chi connectivity index (χ1) is 13.1. The minimum absolute atomic E-state index is 0.407. The molecule has 0 saturated carbocycles. The van der Waals surface area contributed by atoms with Crippen molar-refractivity contribution < 1.29 is 14.3 Å². The zero-order chi connectivity index (χ0) is 19.4. The van der Waals surface area contributed by atoms with Gasteiger partial charge in [0.05, 0.1) is 25.0 Å². The number of esters is 1. The number of hydrogen-bond acceptors (Lipinski definition) is 7. The van der Waals surface area contributed by atoms with Crippen LogP contribution in [0, 0.1) is 0 Å². The summed E-state index contributed by atoms with van der Waals surface area (Å²) in [5.41, 5.74) is 9.38. The first-order valence-electron chi connectivity index (χ1n) is 8.31. The average molecular weight is 383 g/mol. The number of thiophene rings is 1. The van der Waals surface area contributed by atoms with Gasteiger partial charge in [-0.05, 0) is 36.4 Å². The Morgan fingerprint density at radius 1 is 1.41 bits per heavy atom. The van der Waals surface area contributed by atoms with Crippen molar-refractivity contribution in [2.75, 3.05) is 36.2 Å². The summed E-state index contributed by atoms with van der Waals surface area (Å²) in [4.78, 5) is 14.3. The number of hydrogen-bond donors (Lipinski definition) is 2. The Morgan fingerprint density at radius 3 is 2.93 bits per heavy atom. The Hall–Kier alpha value is -3.19. The van der Waals surface area contributed by atoms with Crippen LogP contribution in [0.4, 0.5) is 22.1 Å². The first kappa shape index (κ1) is 18.6. The largest absolute Gasteiger partial charge is 0.490 e. The maximum absolute atomic E-state index is 11.7. The van der Waals surface area contributed by atoms with E-state index in [2.05, 4.69) is 23.4 Å². The lowest BCUT2D eigenvalue weighted by Crippen LogP contribution is -2.31. The van der Waals surface area contributed by atoms with Crippen LogP contribution in [0.1, 0.15) is 9.67 Å². The molecule has 27 heavy (non-hydrogen) atoms. The summed E-state index contributed by atoms with van der Waals surface area (Å²) in [6.45, 7) is 8.93. The summed E-state index contributed by atoms with van der Waals surface area (Å²) < 4.78 is 10.5. The quantitative estimate of drug-likeness (QED) is 0.572. The van der Waals surface area contributed by atoms with E-state index in [0.29, 0.717) is 28.7 Å². The number of carbonyl (C=O) groups excluding carboxylic acids is 1. The number of nitrogens with two attached hydrogens (primary N) is 1. The van der Waals surface area contributed by atoms with Gasteiger partial charge in [-0.2, -0.15) is 0 Å². The van der Waals surface area contributed by atoms with Gasteiger partial charge in [0.15, 0.2) is 0 Å². The zero-order valence-electron chi connectivity index (χ0n) is 15.0. The van der Waals surface area contributed by atoms with E-state index in [4.69, 9.17) is 15.2 Å². The van der Waals surface area contributed by atoms with Gasteiger partial charge in [0, 0.05) is 11.4 Å². The minimum Gasteiger partial charge on any atom is -0.490 e. The fourth-order valence-electron chi connectivity index (χ4n) is 2.81. The van der Waals surface area contributed by atoms with Crippen molar-refractivity contribution in [3.8, 4) is 5.75 Å². The molecule has 0 radical (unpaired) electrons. The van der Waals surface area contributed by atoms with Crippen LogP contribution in [0.15, 0.2) is 61.3 Å². The molecule has 2 heterocycles. The molecule has 1 aliphatic heterocycles. The van der Waals surface area contributed by atoms with Crippen molar-refractivity contribution in [2.24, 2.45) is 0 Å². The van der Waals surface area contributed by atoms with Gasteiger partial charge in [-0.15, -0.1) is 11.3 Å². The molecule has 140 valence electrons. The number of allylic oxidation sites excluding steroid dienone is 3. The van der Waals surface area contributed by atoms with E-state index in [0.717, 1.165) is 22.8 Å². The van der Waals surface area contributed by atoms with Crippen LogP contribution < -0.4 is 20.7 Å². The van der Waals surface area contributed by atoms with E-state index in [1.165, 1.54) is 18.4 Å². The number of benzene rings is 1. The lowest BCUT2D eigenvalue weighted by Gasteiger charge is -2.32. The second kappa shape index (κ2) is 8.01. The molecule has 2 aromatic rings. The van der Waals surface area contributed by atoms with Crippen LogP contribution in [-0.4, -0.2) is 26.2 Å². The van der Waals surface area contributed by atoms with Crippen LogP contribution in [0.2, 0.25) is 0 Å². The van der Waals surface area contributed by atoms with Gasteiger partial charge in [-0.1, -0.05) is 19.2 Å². The molecule has 0 aliphatic carbocycles. The molecule has 1 aromatic heterocycles. The number of nitrogens with zero attached hydrogens (tertiary/aromatic N) is 1. The standard InChI is InChI=1S/C20H21N3O3S/c1-4-6-14(5-2)23-9-10-26-17-8-7-13(11-16(17)23)22-15-12-18(20(24)25-3)27-19(15)21/h4-8,11-12,22H,1-2,9-10,21H2,3H3/b14-6+. The van der Waals surface area contributed by atoms with Crippen molar-refractivity contribution in [3.63, 3.8) is 0 Å². The molecular weight excluding hydrogens is 362 g/mol. The highest BCUT2D eigenvalue weighted by molar-refractivity contribution is 7.18. The number of nitrogen functional groups attached to an aromatic ring is 1. The highest BCUT2D eigenvalue weighted by Crippen LogP contribution is 2.39. The van der Waals surface area contributed by atoms with Crippen molar-refractivity contribution in [2.45, 2.75) is 0 Å². The molecule has 0 atom stereocenters. The number of carbonyl (C=O) groups is 1. The van der Waals surface area contributed by atoms with E-state index in [1.807, 2.05) is 24.3 Å². The van der Waals surface area contributed by atoms with Gasteiger partial charge in [-0.25, -0.2) is 4.79 Å². The Balaban J connectivity index is 1.92. The van der Waals surface area contributed by atoms with Crippen LogP contribution >= 0.6 is 11.3 Å². The predicted molar refractivity (Wildman–Crippen MR) is 111 cm³/mol. The molecule has 7 heteroatoms. The molecule has 0 spiro atoms. The SMILES string of the molecule is C=C/C=C(\C=C)N1CCOc2ccc(Nc3cc(C(=O)OC)sc3N)cc21. The maximum Gasteiger partial charge on any atom is 0.348 e. The maximum atomic E-state index is 11.7. The number of fused-ring (bicyclic) bond motifs is 1. The first-order valence-corrected chi connectivity index (χ1v) is 9.13. The van der Waals surface area contributed by atoms with Crippen molar-refractivity contribution in [1.29, 1.82) is 0 Å². The van der Waals surface area contributed by atoms with Crippen LogP contribution in [-0.2, 0) is 4.74 Å². The number of methoxy groups -OCH3 is 1. The lowest BCUT2D eigenvalue weighted by molar-refractivity contribution is 0.0606. The second-order valence-electron chi connectivity index (χ2n) is 5.72. The lowest BCUT2D eigenvalue weighted by atomic mass is 10.1. The molecule has 0 unspecified atom stereocenters. The van der Waals surface area contributed by atoms with Crippen molar-refractivity contribution in [1.82, 2.24) is 0 Å². The number of ether oxygens (including phenoxy) is 2. The fourth-order valence-corrected chi connectivity index (χ4v) is 3.61. The monoisotopic (exact) mass is 383 g/mol. The summed E-state index contributed by atoms with van der Waals surface area (Å²) in [5, 5.41) is 3.77. The number of anilines is 4. The molecule has 3 N–H and O–H groups in total. The molecule has 1 aromatic carbocycles. The minimum atomic E-state index is -0.407. The summed E-state index contributed by atoms with van der Waals surface area (Å²) in [6.07, 6.45) is 5.42. The van der Waals surface area contributed by atoms with Crippen LogP contribution in [0.25, 0.3) is 0 Å². The summed E-state index contributed by atoms with van der Waals surface area (Å²) in [5.74, 6) is 0.382. The van der Waals surface area contributed by atoms with Gasteiger partial charge < -0.3 is 25.4 Å². The predicted octanol–water partition coefficient (Wildman–Crippen LogP) is 4.32. The van der Waals surface area contributed by atoms with E-state index in [-0.39, 0.29) is 0 Å². The van der Waals surface area contributed by atoms with Gasteiger partial charge in [-0.3, -0.25) is 0 Å². The summed E-state index contributed by atoms with van der Waals surface area (Å²) in [6, 6.07) is 7.47. The average Bonchev–Trinajstić information content (AvgIpc) is 3.05. The Kier molecular flexibility index (Phi) is 5.52. The second-order valence-corrected chi connectivity index (χ2v) is 6.80. The molecule has 1 aliphatic rings. The van der Waals surface area contributed by atoms with Gasteiger partial charge in [0.25, 0.3) is 0 Å². The van der Waals surface area contributed by atoms with E-state index < -0.39 is 5.97 Å². The Bertz CT molecular complexity index is 917. The van der Waals surface area contributed by atoms with E-state index in [9.17, 15) is 4.79 Å². The van der Waals surface area contributed by atoms with Gasteiger partial charge in [0.1, 0.15) is 22.2 Å². The molecule has 0 bridgehead atoms. The molecular formula is C20H21N3O3S. The third-order valence-corrected chi connectivity index (χ3v) is 5.00. The Labute approximate surface area is 162 Å². The molecule has 0 saturated heterocycles.